The number of aromatic nitrogens is 4. The first-order valence-electron chi connectivity index (χ1n) is 10.7. The number of aryl methyl sites for hydroxylation is 2. The molecule has 0 bridgehead atoms. The molecule has 0 spiro atoms. The molecule has 0 saturated carbocycles. The molecule has 0 atom stereocenters. The lowest BCUT2D eigenvalue weighted by atomic mass is 10.2. The highest BCUT2D eigenvalue weighted by Gasteiger charge is 2.32. The second-order valence-corrected chi connectivity index (χ2v) is 10.2. The van der Waals surface area contributed by atoms with E-state index in [1.165, 1.54) is 4.31 Å². The number of hydrogen-bond donors (Lipinski definition) is 0. The normalized spacial score (nSPS) is 18.7. The third-order valence-electron chi connectivity index (χ3n) is 5.70. The van der Waals surface area contributed by atoms with Gasteiger partial charge in [-0.05, 0) is 6.92 Å². The van der Waals surface area contributed by atoms with Crippen molar-refractivity contribution in [3.05, 3.63) is 23.8 Å². The quantitative estimate of drug-likeness (QED) is 0.667. The van der Waals surface area contributed by atoms with Gasteiger partial charge in [0.05, 0.1) is 13.2 Å². The predicted octanol–water partition coefficient (Wildman–Crippen LogP) is 0.989. The van der Waals surface area contributed by atoms with Gasteiger partial charge >= 0.3 is 0 Å². The summed E-state index contributed by atoms with van der Waals surface area (Å²) in [6, 6.07) is 1.96. The number of piperazine rings is 1. The summed E-state index contributed by atoms with van der Waals surface area (Å²) in [5.74, 6) is 2.48. The van der Waals surface area contributed by atoms with Gasteiger partial charge in [0.2, 0.25) is 5.95 Å². The highest BCUT2D eigenvalue weighted by molar-refractivity contribution is 7.89. The number of morpholine rings is 1. The van der Waals surface area contributed by atoms with Gasteiger partial charge in [-0.15, -0.1) is 0 Å². The van der Waals surface area contributed by atoms with E-state index in [9.17, 15) is 8.42 Å². The molecule has 2 aliphatic rings. The summed E-state index contributed by atoms with van der Waals surface area (Å²) in [6.45, 7) is 10.8. The van der Waals surface area contributed by atoms with Crippen molar-refractivity contribution < 1.29 is 13.2 Å². The maximum atomic E-state index is 13.1. The molecule has 170 valence electrons. The molecule has 0 amide bonds. The van der Waals surface area contributed by atoms with Crippen molar-refractivity contribution in [2.24, 2.45) is 7.05 Å². The van der Waals surface area contributed by atoms with Crippen molar-refractivity contribution in [1.82, 2.24) is 23.8 Å². The van der Waals surface area contributed by atoms with Crippen LogP contribution in [0.25, 0.3) is 0 Å². The fourth-order valence-electron chi connectivity index (χ4n) is 4.01. The van der Waals surface area contributed by atoms with Gasteiger partial charge in [0.1, 0.15) is 11.6 Å². The highest BCUT2D eigenvalue weighted by atomic mass is 32.2. The number of imidazole rings is 1. The first-order valence-corrected chi connectivity index (χ1v) is 12.2. The van der Waals surface area contributed by atoms with E-state index in [1.54, 1.807) is 10.8 Å². The Morgan fingerprint density at radius 3 is 2.26 bits per heavy atom. The minimum atomic E-state index is -3.62. The minimum absolute atomic E-state index is 0.125. The van der Waals surface area contributed by atoms with Gasteiger partial charge < -0.3 is 19.1 Å². The van der Waals surface area contributed by atoms with Crippen LogP contribution in [0.3, 0.4) is 0 Å². The van der Waals surface area contributed by atoms with Crippen LogP contribution in [-0.4, -0.2) is 84.7 Å². The molecule has 0 aliphatic carbocycles. The molecular weight excluding hydrogens is 418 g/mol. The van der Waals surface area contributed by atoms with Gasteiger partial charge in [-0.3, -0.25) is 0 Å². The zero-order valence-corrected chi connectivity index (χ0v) is 19.5. The first-order chi connectivity index (χ1) is 14.8. The summed E-state index contributed by atoms with van der Waals surface area (Å²) in [5.41, 5.74) is 0.899. The maximum absolute atomic E-state index is 13.1. The average Bonchev–Trinajstić information content (AvgIpc) is 3.17. The van der Waals surface area contributed by atoms with Crippen LogP contribution in [0, 0.1) is 6.92 Å². The van der Waals surface area contributed by atoms with Crippen LogP contribution in [-0.2, 0) is 21.8 Å². The third-order valence-corrected chi connectivity index (χ3v) is 7.47. The van der Waals surface area contributed by atoms with Crippen LogP contribution in [0.15, 0.2) is 17.3 Å². The summed E-state index contributed by atoms with van der Waals surface area (Å²) >= 11 is 0. The van der Waals surface area contributed by atoms with Gasteiger partial charge in [0.15, 0.2) is 5.03 Å². The second kappa shape index (κ2) is 8.71. The number of anilines is 2. The van der Waals surface area contributed by atoms with Crippen LogP contribution >= 0.6 is 0 Å². The Morgan fingerprint density at radius 2 is 1.65 bits per heavy atom. The number of rotatable bonds is 5. The van der Waals surface area contributed by atoms with Gasteiger partial charge in [0, 0.05) is 70.2 Å². The summed E-state index contributed by atoms with van der Waals surface area (Å²) < 4.78 is 35.0. The fourth-order valence-corrected chi connectivity index (χ4v) is 5.42. The van der Waals surface area contributed by atoms with Gasteiger partial charge in [-0.2, -0.15) is 9.29 Å². The Kier molecular flexibility index (Phi) is 6.18. The van der Waals surface area contributed by atoms with Crippen molar-refractivity contribution in [2.45, 2.75) is 31.7 Å². The number of sulfonamides is 1. The summed E-state index contributed by atoms with van der Waals surface area (Å²) in [7, 11) is -1.78. The molecule has 0 radical (unpaired) electrons. The van der Waals surface area contributed by atoms with Crippen LogP contribution in [0.5, 0.6) is 0 Å². The van der Waals surface area contributed by atoms with Crippen LogP contribution < -0.4 is 9.80 Å². The summed E-state index contributed by atoms with van der Waals surface area (Å²) in [4.78, 5) is 18.0. The lowest BCUT2D eigenvalue weighted by Crippen LogP contribution is -2.49. The Hall–Kier alpha value is -2.24. The Morgan fingerprint density at radius 1 is 0.968 bits per heavy atom. The number of nitrogens with zero attached hydrogens (tertiary/aromatic N) is 7. The number of ether oxygens (including phenoxy) is 1. The van der Waals surface area contributed by atoms with Crippen LogP contribution in [0.2, 0.25) is 0 Å². The molecular formula is C20H31N7O3S. The standard InChI is InChI=1S/C20H31N7O3S/c1-15(2)19-23-18(14-24(19)4)31(28,29)27-7-5-25(6-8-27)17-13-16(3)21-20(22-17)26-9-11-30-12-10-26/h13-15H,5-12H2,1-4H3. The van der Waals surface area contributed by atoms with E-state index in [0.29, 0.717) is 45.3 Å². The molecule has 2 saturated heterocycles. The zero-order chi connectivity index (χ0) is 22.2. The average molecular weight is 450 g/mol. The van der Waals surface area contributed by atoms with Crippen molar-refractivity contribution in [2.75, 3.05) is 62.3 Å². The van der Waals surface area contributed by atoms with E-state index >= 15 is 0 Å². The largest absolute Gasteiger partial charge is 0.378 e. The molecule has 4 rings (SSSR count). The van der Waals surface area contributed by atoms with E-state index in [0.717, 1.165) is 30.4 Å². The SMILES string of the molecule is Cc1cc(N2CCN(S(=O)(=O)c3cn(C)c(C(C)C)n3)CC2)nc(N2CCOCC2)n1. The van der Waals surface area contributed by atoms with Crippen molar-refractivity contribution in [1.29, 1.82) is 0 Å². The molecule has 2 aromatic heterocycles. The molecule has 0 aromatic carbocycles. The monoisotopic (exact) mass is 449 g/mol. The van der Waals surface area contributed by atoms with E-state index < -0.39 is 10.0 Å². The Labute approximate surface area is 183 Å². The summed E-state index contributed by atoms with van der Waals surface area (Å²) in [5, 5.41) is 0.125. The van der Waals surface area contributed by atoms with E-state index in [2.05, 4.69) is 19.8 Å². The van der Waals surface area contributed by atoms with Crippen LogP contribution in [0.4, 0.5) is 11.8 Å². The zero-order valence-electron chi connectivity index (χ0n) is 18.7. The predicted molar refractivity (Wildman–Crippen MR) is 118 cm³/mol. The van der Waals surface area contributed by atoms with E-state index in [1.807, 2.05) is 33.9 Å². The van der Waals surface area contributed by atoms with Gasteiger partial charge in [-0.1, -0.05) is 13.8 Å². The van der Waals surface area contributed by atoms with Gasteiger partial charge in [-0.25, -0.2) is 18.4 Å². The summed E-state index contributed by atoms with van der Waals surface area (Å²) in [6.07, 6.45) is 1.61. The van der Waals surface area contributed by atoms with Gasteiger partial charge in [0.25, 0.3) is 10.0 Å². The molecule has 11 heteroatoms. The molecule has 31 heavy (non-hydrogen) atoms. The third kappa shape index (κ3) is 4.53. The van der Waals surface area contributed by atoms with Crippen LogP contribution in [0.1, 0.15) is 31.3 Å². The molecule has 2 fully saturated rings. The smallest absolute Gasteiger partial charge is 0.262 e. The van der Waals surface area contributed by atoms with Crippen molar-refractivity contribution >= 4 is 21.8 Å². The Balaban J connectivity index is 1.47. The molecule has 0 N–H and O–H groups in total. The maximum Gasteiger partial charge on any atom is 0.262 e. The number of hydrogen-bond acceptors (Lipinski definition) is 8. The first kappa shape index (κ1) is 22.0. The molecule has 0 unspecified atom stereocenters. The molecule has 4 heterocycles. The lowest BCUT2D eigenvalue weighted by Gasteiger charge is -2.35. The van der Waals surface area contributed by atoms with Crippen molar-refractivity contribution in [3.8, 4) is 0 Å². The second-order valence-electron chi connectivity index (χ2n) is 8.36. The van der Waals surface area contributed by atoms with E-state index in [4.69, 9.17) is 9.72 Å². The highest BCUT2D eigenvalue weighted by Crippen LogP contribution is 2.23. The lowest BCUT2D eigenvalue weighted by molar-refractivity contribution is 0.122. The van der Waals surface area contributed by atoms with E-state index in [-0.39, 0.29) is 10.9 Å². The fraction of sp³-hybridized carbons (Fsp3) is 0.650. The molecule has 2 aliphatic heterocycles. The minimum Gasteiger partial charge on any atom is -0.378 e. The molecule has 2 aromatic rings. The molecule has 10 nitrogen and oxygen atoms in total. The van der Waals surface area contributed by atoms with Crippen molar-refractivity contribution in [3.63, 3.8) is 0 Å². The Bertz CT molecular complexity index is 1020. The topological polar surface area (TPSA) is 96.7 Å².